The Hall–Kier alpha value is -1.20. The molecule has 0 heterocycles. The van der Waals surface area contributed by atoms with Gasteiger partial charge in [0.25, 0.3) is 0 Å². The highest BCUT2D eigenvalue weighted by molar-refractivity contribution is 8.01. The molecular weight excluding hydrogens is 248 g/mol. The zero-order valence-electron chi connectivity index (χ0n) is 10.9. The van der Waals surface area contributed by atoms with E-state index in [-0.39, 0.29) is 23.0 Å². The lowest BCUT2D eigenvalue weighted by molar-refractivity contribution is -0.115. The first-order chi connectivity index (χ1) is 8.43. The van der Waals surface area contributed by atoms with E-state index in [2.05, 4.69) is 5.32 Å². The summed E-state index contributed by atoms with van der Waals surface area (Å²) in [6.07, 6.45) is 0. The van der Waals surface area contributed by atoms with E-state index in [1.165, 1.54) is 11.8 Å². The SMILES string of the molecule is Cc1cc(N)ccc1NC(=O)C(C)SC(C)CO. The van der Waals surface area contributed by atoms with Crippen LogP contribution in [0.5, 0.6) is 0 Å². The molecule has 100 valence electrons. The predicted octanol–water partition coefficient (Wildman–Crippen LogP) is 2.02. The van der Waals surface area contributed by atoms with E-state index in [9.17, 15) is 4.79 Å². The van der Waals surface area contributed by atoms with Crippen LogP contribution in [0, 0.1) is 6.92 Å². The molecule has 1 aromatic carbocycles. The van der Waals surface area contributed by atoms with Gasteiger partial charge in [-0.2, -0.15) is 0 Å². The van der Waals surface area contributed by atoms with E-state index < -0.39 is 0 Å². The number of carbonyl (C=O) groups is 1. The van der Waals surface area contributed by atoms with E-state index in [1.807, 2.05) is 26.8 Å². The lowest BCUT2D eigenvalue weighted by Gasteiger charge is -2.16. The van der Waals surface area contributed by atoms with Crippen LogP contribution in [0.4, 0.5) is 11.4 Å². The topological polar surface area (TPSA) is 75.3 Å². The molecule has 0 aliphatic heterocycles. The molecular formula is C13H20N2O2S. The number of hydrogen-bond acceptors (Lipinski definition) is 4. The molecule has 0 aromatic heterocycles. The Morgan fingerprint density at radius 3 is 2.72 bits per heavy atom. The third kappa shape index (κ3) is 4.23. The molecule has 0 radical (unpaired) electrons. The summed E-state index contributed by atoms with van der Waals surface area (Å²) in [4.78, 5) is 12.0. The molecule has 0 fully saturated rings. The fourth-order valence-corrected chi connectivity index (χ4v) is 2.48. The third-order valence-corrected chi connectivity index (χ3v) is 3.81. The lowest BCUT2D eigenvalue weighted by atomic mass is 10.2. The number of nitrogen functional groups attached to an aromatic ring is 1. The van der Waals surface area contributed by atoms with Crippen molar-refractivity contribution in [2.75, 3.05) is 17.7 Å². The summed E-state index contributed by atoms with van der Waals surface area (Å²) in [5.41, 5.74) is 8.06. The van der Waals surface area contributed by atoms with Gasteiger partial charge in [0.1, 0.15) is 0 Å². The molecule has 18 heavy (non-hydrogen) atoms. The highest BCUT2D eigenvalue weighted by Gasteiger charge is 2.17. The van der Waals surface area contributed by atoms with Crippen LogP contribution in [0.15, 0.2) is 18.2 Å². The molecule has 5 heteroatoms. The van der Waals surface area contributed by atoms with Crippen LogP contribution >= 0.6 is 11.8 Å². The third-order valence-electron chi connectivity index (χ3n) is 2.57. The Labute approximate surface area is 112 Å². The standard InChI is InChI=1S/C13H20N2O2S/c1-8-6-11(14)4-5-12(8)15-13(17)10(3)18-9(2)7-16/h4-6,9-10,16H,7,14H2,1-3H3,(H,15,17). The zero-order valence-corrected chi connectivity index (χ0v) is 11.8. The van der Waals surface area contributed by atoms with Crippen molar-refractivity contribution in [3.63, 3.8) is 0 Å². The second-order valence-electron chi connectivity index (χ2n) is 4.34. The molecule has 4 N–H and O–H groups in total. The van der Waals surface area contributed by atoms with E-state index in [4.69, 9.17) is 10.8 Å². The molecule has 1 rings (SSSR count). The molecule has 0 aliphatic rings. The summed E-state index contributed by atoms with van der Waals surface area (Å²) in [6, 6.07) is 5.38. The molecule has 2 atom stereocenters. The van der Waals surface area contributed by atoms with E-state index in [1.54, 1.807) is 12.1 Å². The smallest absolute Gasteiger partial charge is 0.237 e. The van der Waals surface area contributed by atoms with Crippen molar-refractivity contribution in [3.8, 4) is 0 Å². The van der Waals surface area contributed by atoms with Gasteiger partial charge in [-0.25, -0.2) is 0 Å². The summed E-state index contributed by atoms with van der Waals surface area (Å²) in [5, 5.41) is 11.7. The van der Waals surface area contributed by atoms with Crippen LogP contribution in [0.25, 0.3) is 0 Å². The average molecular weight is 268 g/mol. The molecule has 1 amide bonds. The zero-order chi connectivity index (χ0) is 13.7. The van der Waals surface area contributed by atoms with Crippen molar-refractivity contribution in [2.45, 2.75) is 31.3 Å². The monoisotopic (exact) mass is 268 g/mol. The van der Waals surface area contributed by atoms with Crippen LogP contribution in [-0.2, 0) is 4.79 Å². The van der Waals surface area contributed by atoms with Crippen LogP contribution in [-0.4, -0.2) is 28.1 Å². The largest absolute Gasteiger partial charge is 0.399 e. The number of thioether (sulfide) groups is 1. The quantitative estimate of drug-likeness (QED) is 0.714. The second kappa shape index (κ2) is 6.66. The molecule has 0 spiro atoms. The number of carbonyl (C=O) groups excluding carboxylic acids is 1. The van der Waals surface area contributed by atoms with Gasteiger partial charge < -0.3 is 16.2 Å². The minimum Gasteiger partial charge on any atom is -0.399 e. The number of benzene rings is 1. The van der Waals surface area contributed by atoms with Crippen LogP contribution in [0.2, 0.25) is 0 Å². The normalized spacial score (nSPS) is 14.0. The van der Waals surface area contributed by atoms with E-state index >= 15 is 0 Å². The van der Waals surface area contributed by atoms with Crippen molar-refractivity contribution in [3.05, 3.63) is 23.8 Å². The first-order valence-electron chi connectivity index (χ1n) is 5.87. The van der Waals surface area contributed by atoms with Gasteiger partial charge in [0.15, 0.2) is 0 Å². The number of nitrogens with one attached hydrogen (secondary N) is 1. The van der Waals surface area contributed by atoms with Crippen LogP contribution < -0.4 is 11.1 Å². The summed E-state index contributed by atoms with van der Waals surface area (Å²) < 4.78 is 0. The number of aliphatic hydroxyl groups excluding tert-OH is 1. The fourth-order valence-electron chi connectivity index (χ4n) is 1.51. The van der Waals surface area contributed by atoms with Crippen LogP contribution in [0.3, 0.4) is 0 Å². The fraction of sp³-hybridized carbons (Fsp3) is 0.462. The van der Waals surface area contributed by atoms with Gasteiger partial charge in [-0.15, -0.1) is 11.8 Å². The molecule has 0 bridgehead atoms. The first kappa shape index (κ1) is 14.9. The molecule has 0 aliphatic carbocycles. The Bertz CT molecular complexity index is 423. The maximum absolute atomic E-state index is 12.0. The van der Waals surface area contributed by atoms with Crippen LogP contribution in [0.1, 0.15) is 19.4 Å². The number of aryl methyl sites for hydroxylation is 1. The molecule has 0 saturated carbocycles. The Morgan fingerprint density at radius 1 is 1.50 bits per heavy atom. The van der Waals surface area contributed by atoms with E-state index in [0.717, 1.165) is 11.3 Å². The summed E-state index contributed by atoms with van der Waals surface area (Å²) in [7, 11) is 0. The number of hydrogen-bond donors (Lipinski definition) is 3. The summed E-state index contributed by atoms with van der Waals surface area (Å²) in [6.45, 7) is 5.70. The lowest BCUT2D eigenvalue weighted by Crippen LogP contribution is -2.25. The second-order valence-corrected chi connectivity index (χ2v) is 6.12. The summed E-state index contributed by atoms with van der Waals surface area (Å²) >= 11 is 1.45. The number of anilines is 2. The van der Waals surface area contributed by atoms with Crippen molar-refractivity contribution < 1.29 is 9.90 Å². The van der Waals surface area contributed by atoms with Gasteiger partial charge in [0, 0.05) is 16.6 Å². The minimum atomic E-state index is -0.205. The Balaban J connectivity index is 2.64. The molecule has 1 aromatic rings. The minimum absolute atomic E-state index is 0.0539. The van der Waals surface area contributed by atoms with Crippen molar-refractivity contribution in [2.24, 2.45) is 0 Å². The Morgan fingerprint density at radius 2 is 2.17 bits per heavy atom. The predicted molar refractivity (Wildman–Crippen MR) is 77.8 cm³/mol. The van der Waals surface area contributed by atoms with Gasteiger partial charge in [-0.05, 0) is 37.6 Å². The highest BCUT2D eigenvalue weighted by atomic mass is 32.2. The maximum atomic E-state index is 12.0. The number of amides is 1. The molecule has 0 saturated heterocycles. The highest BCUT2D eigenvalue weighted by Crippen LogP contribution is 2.21. The van der Waals surface area contributed by atoms with Gasteiger partial charge in [-0.1, -0.05) is 6.92 Å². The molecule has 4 nitrogen and oxygen atoms in total. The van der Waals surface area contributed by atoms with Crippen molar-refractivity contribution in [1.82, 2.24) is 0 Å². The van der Waals surface area contributed by atoms with E-state index in [0.29, 0.717) is 5.69 Å². The van der Waals surface area contributed by atoms with Gasteiger partial charge in [-0.3, -0.25) is 4.79 Å². The maximum Gasteiger partial charge on any atom is 0.237 e. The summed E-state index contributed by atoms with van der Waals surface area (Å²) in [5.74, 6) is -0.0619. The molecule has 2 unspecified atom stereocenters. The van der Waals surface area contributed by atoms with Crippen molar-refractivity contribution >= 4 is 29.0 Å². The average Bonchev–Trinajstić information content (AvgIpc) is 2.32. The Kier molecular flexibility index (Phi) is 5.50. The van der Waals surface area contributed by atoms with Gasteiger partial charge in [0.05, 0.1) is 11.9 Å². The number of aliphatic hydroxyl groups is 1. The number of rotatable bonds is 5. The van der Waals surface area contributed by atoms with Gasteiger partial charge in [0.2, 0.25) is 5.91 Å². The van der Waals surface area contributed by atoms with Gasteiger partial charge >= 0.3 is 0 Å². The number of nitrogens with two attached hydrogens (primary N) is 1. The van der Waals surface area contributed by atoms with Crippen molar-refractivity contribution in [1.29, 1.82) is 0 Å². The first-order valence-corrected chi connectivity index (χ1v) is 6.81.